The second-order valence-corrected chi connectivity index (χ2v) is 15.1. The zero-order valence-corrected chi connectivity index (χ0v) is 32.9. The summed E-state index contributed by atoms with van der Waals surface area (Å²) >= 11 is 0. The highest BCUT2D eigenvalue weighted by Gasteiger charge is 2.39. The number of carboxylic acid groups (broad SMARTS) is 3. The third-order valence-corrected chi connectivity index (χ3v) is 10.1. The average Bonchev–Trinajstić information content (AvgIpc) is 3.60. The first-order valence-corrected chi connectivity index (χ1v) is 19.1. The molecule has 316 valence electrons. The van der Waals surface area contributed by atoms with Crippen molar-refractivity contribution in [2.75, 3.05) is 91.6 Å². The van der Waals surface area contributed by atoms with Gasteiger partial charge in [0.1, 0.15) is 11.8 Å². The molecule has 2 aliphatic heterocycles. The molecule has 0 aliphatic carbocycles. The molecular weight excluding hydrogens is 737 g/mol. The molecule has 0 aromatic carbocycles. The standard InChI is InChI=1S/C35H60BN7O13/c1-23(2)28(34(53)38-25(4)35(54)43-7-5-6-29(43)36(55)56)17-26(44)18-37-33(52)24(3)16-27(45)19-39-8-10-40(20-30(46)47)12-14-42(22-32(50)51)15-13-41(11-9-39)21-31(48)49/h23-25,28-29,55-56H,5-22H2,1-4H3,(H,37,52)(H,38,53)(H,46,47)(H,48,49)(H,50,51)/t24-,25+,28-,29-/m0/s1. The van der Waals surface area contributed by atoms with E-state index >= 15 is 0 Å². The zero-order chi connectivity index (χ0) is 42.1. The molecule has 0 unspecified atom stereocenters. The Balaban J connectivity index is 1.96. The Morgan fingerprint density at radius 1 is 0.625 bits per heavy atom. The number of likely N-dealkylation sites (tertiary alicyclic amines) is 1. The van der Waals surface area contributed by atoms with Crippen molar-refractivity contribution in [1.82, 2.24) is 35.1 Å². The van der Waals surface area contributed by atoms with Gasteiger partial charge in [-0.15, -0.1) is 0 Å². The van der Waals surface area contributed by atoms with E-state index in [4.69, 9.17) is 0 Å². The van der Waals surface area contributed by atoms with Crippen LogP contribution in [-0.2, 0) is 38.4 Å². The SMILES string of the molecule is CC(C)[C@H](CC(=O)CNC(=O)[C@@H](C)CC(=O)CN1CCN(CC(=O)O)CCN(CC(=O)O)CCN(CC(=O)O)CC1)C(=O)N[C@H](C)C(=O)N1CCC[C@H]1B(O)O. The van der Waals surface area contributed by atoms with E-state index in [-0.39, 0.29) is 110 Å². The van der Waals surface area contributed by atoms with Gasteiger partial charge in [-0.25, -0.2) is 0 Å². The van der Waals surface area contributed by atoms with Crippen molar-refractivity contribution in [3.8, 4) is 0 Å². The van der Waals surface area contributed by atoms with Crippen molar-refractivity contribution in [2.24, 2.45) is 17.8 Å². The van der Waals surface area contributed by atoms with Crippen LogP contribution in [0.2, 0.25) is 0 Å². The Labute approximate surface area is 327 Å². The number of Topliss-reactive ketones (excluding diaryl/α,β-unsaturated/α-hetero) is 2. The van der Waals surface area contributed by atoms with Crippen LogP contribution in [0.25, 0.3) is 0 Å². The van der Waals surface area contributed by atoms with Crippen LogP contribution in [-0.4, -0.2) is 208 Å². The fourth-order valence-corrected chi connectivity index (χ4v) is 6.85. The second-order valence-electron chi connectivity index (χ2n) is 15.1. The number of hydrogen-bond donors (Lipinski definition) is 7. The molecule has 2 rings (SSSR count). The third kappa shape index (κ3) is 17.4. The van der Waals surface area contributed by atoms with Gasteiger partial charge in [-0.3, -0.25) is 58.0 Å². The van der Waals surface area contributed by atoms with Gasteiger partial charge in [0, 0.05) is 83.6 Å². The molecule has 2 aliphatic rings. The number of carbonyl (C=O) groups is 8. The van der Waals surface area contributed by atoms with Crippen LogP contribution in [0, 0.1) is 17.8 Å². The van der Waals surface area contributed by atoms with E-state index in [1.165, 1.54) is 18.7 Å². The second kappa shape index (κ2) is 23.9. The predicted octanol–water partition coefficient (Wildman–Crippen LogP) is -3.09. The minimum Gasteiger partial charge on any atom is -0.480 e. The van der Waals surface area contributed by atoms with E-state index in [9.17, 15) is 63.7 Å². The number of ketones is 2. The van der Waals surface area contributed by atoms with Crippen LogP contribution in [0.4, 0.5) is 0 Å². The van der Waals surface area contributed by atoms with Gasteiger partial charge < -0.3 is 40.9 Å². The monoisotopic (exact) mass is 797 g/mol. The van der Waals surface area contributed by atoms with E-state index in [1.807, 2.05) is 0 Å². The lowest BCUT2D eigenvalue weighted by molar-refractivity contribution is -0.140. The van der Waals surface area contributed by atoms with Crippen LogP contribution in [0.15, 0.2) is 0 Å². The molecule has 2 saturated heterocycles. The Morgan fingerprint density at radius 3 is 1.48 bits per heavy atom. The minimum atomic E-state index is -1.70. The molecule has 0 spiro atoms. The minimum absolute atomic E-state index is 0.103. The first kappa shape index (κ1) is 48.1. The van der Waals surface area contributed by atoms with Gasteiger partial charge >= 0.3 is 25.0 Å². The molecule has 21 heteroatoms. The van der Waals surface area contributed by atoms with Crippen LogP contribution >= 0.6 is 0 Å². The molecule has 0 bridgehead atoms. The fraction of sp³-hybridized carbons (Fsp3) is 0.771. The number of nitrogens with one attached hydrogen (secondary N) is 2. The quantitative estimate of drug-likeness (QED) is 0.0602. The van der Waals surface area contributed by atoms with Crippen LogP contribution in [0.5, 0.6) is 0 Å². The number of amides is 3. The molecule has 0 radical (unpaired) electrons. The van der Waals surface area contributed by atoms with Crippen molar-refractivity contribution in [3.05, 3.63) is 0 Å². The fourth-order valence-electron chi connectivity index (χ4n) is 6.85. The summed E-state index contributed by atoms with van der Waals surface area (Å²) in [7, 11) is -1.70. The Morgan fingerprint density at radius 2 is 1.07 bits per heavy atom. The zero-order valence-electron chi connectivity index (χ0n) is 32.9. The number of rotatable bonds is 20. The maximum atomic E-state index is 13.2. The number of hydrogen-bond acceptors (Lipinski definition) is 14. The molecule has 7 N–H and O–H groups in total. The summed E-state index contributed by atoms with van der Waals surface area (Å²) in [6, 6.07) is -0.971. The van der Waals surface area contributed by atoms with Gasteiger partial charge in [-0.1, -0.05) is 20.8 Å². The van der Waals surface area contributed by atoms with Crippen LogP contribution in [0.1, 0.15) is 53.4 Å². The van der Waals surface area contributed by atoms with E-state index in [2.05, 4.69) is 10.6 Å². The summed E-state index contributed by atoms with van der Waals surface area (Å²) in [5.41, 5.74) is 0. The van der Waals surface area contributed by atoms with E-state index in [0.717, 1.165) is 0 Å². The lowest BCUT2D eigenvalue weighted by atomic mass is 9.78. The van der Waals surface area contributed by atoms with Gasteiger partial charge in [0.25, 0.3) is 0 Å². The smallest absolute Gasteiger partial charge is 0.475 e. The molecule has 3 amide bonds. The van der Waals surface area contributed by atoms with Crippen LogP contribution in [0.3, 0.4) is 0 Å². The Bertz CT molecular complexity index is 1350. The number of carbonyl (C=O) groups excluding carboxylic acids is 5. The Hall–Kier alpha value is -4.02. The molecule has 0 saturated carbocycles. The van der Waals surface area contributed by atoms with Crippen LogP contribution < -0.4 is 10.6 Å². The van der Waals surface area contributed by atoms with Gasteiger partial charge in [-0.2, -0.15) is 0 Å². The summed E-state index contributed by atoms with van der Waals surface area (Å²) in [4.78, 5) is 108. The molecule has 20 nitrogen and oxygen atoms in total. The molecular formula is C35H60BN7O13. The Kier molecular flexibility index (Phi) is 20.6. The molecule has 56 heavy (non-hydrogen) atoms. The van der Waals surface area contributed by atoms with Gasteiger partial charge in [0.05, 0.1) is 38.7 Å². The maximum Gasteiger partial charge on any atom is 0.475 e. The van der Waals surface area contributed by atoms with Crippen molar-refractivity contribution in [2.45, 2.75) is 65.4 Å². The summed E-state index contributed by atoms with van der Waals surface area (Å²) in [6.45, 7) is 7.33. The lowest BCUT2D eigenvalue weighted by Gasteiger charge is -2.33. The third-order valence-electron chi connectivity index (χ3n) is 10.1. The van der Waals surface area contributed by atoms with E-state index in [0.29, 0.717) is 19.4 Å². The van der Waals surface area contributed by atoms with E-state index < -0.39 is 72.3 Å². The summed E-state index contributed by atoms with van der Waals surface area (Å²) < 4.78 is 0. The normalized spacial score (nSPS) is 19.9. The summed E-state index contributed by atoms with van der Waals surface area (Å²) in [5.74, 6) is -8.18. The highest BCUT2D eigenvalue weighted by atomic mass is 16.4. The molecule has 0 aromatic rings. The summed E-state index contributed by atoms with van der Waals surface area (Å²) in [5, 5.41) is 52.6. The topological polar surface area (TPSA) is 278 Å². The molecule has 2 fully saturated rings. The maximum absolute atomic E-state index is 13.2. The average molecular weight is 798 g/mol. The molecule has 2 heterocycles. The van der Waals surface area contributed by atoms with E-state index in [1.54, 1.807) is 33.4 Å². The van der Waals surface area contributed by atoms with Crippen molar-refractivity contribution < 1.29 is 63.7 Å². The number of aliphatic carboxylic acids is 3. The van der Waals surface area contributed by atoms with Gasteiger partial charge in [-0.05, 0) is 25.7 Å². The molecule has 0 aromatic heterocycles. The lowest BCUT2D eigenvalue weighted by Crippen LogP contribution is -2.53. The summed E-state index contributed by atoms with van der Waals surface area (Å²) in [6.07, 6.45) is 0.627. The number of carboxylic acids is 3. The highest BCUT2D eigenvalue weighted by molar-refractivity contribution is 6.43. The first-order valence-electron chi connectivity index (χ1n) is 19.1. The first-order chi connectivity index (χ1) is 26.3. The van der Waals surface area contributed by atoms with Crippen molar-refractivity contribution in [1.29, 1.82) is 0 Å². The molecule has 4 atom stereocenters. The largest absolute Gasteiger partial charge is 0.480 e. The number of nitrogens with zero attached hydrogens (tertiary/aromatic N) is 5. The highest BCUT2D eigenvalue weighted by Crippen LogP contribution is 2.20. The van der Waals surface area contributed by atoms with Crippen molar-refractivity contribution >= 4 is 54.3 Å². The van der Waals surface area contributed by atoms with Gasteiger partial charge in [0.2, 0.25) is 17.7 Å². The van der Waals surface area contributed by atoms with Gasteiger partial charge in [0.15, 0.2) is 5.78 Å². The van der Waals surface area contributed by atoms with Crippen molar-refractivity contribution in [3.63, 3.8) is 0 Å². The predicted molar refractivity (Wildman–Crippen MR) is 201 cm³/mol.